The molecule has 2 heteroatoms. The van der Waals surface area contributed by atoms with Crippen molar-refractivity contribution >= 4 is 0 Å². The smallest absolute Gasteiger partial charge is 0.000577 e. The predicted molar refractivity (Wildman–Crippen MR) is 77.9 cm³/mol. The highest BCUT2D eigenvalue weighted by molar-refractivity contribution is 5.28. The Kier molecular flexibility index (Phi) is 4.79. The lowest BCUT2D eigenvalue weighted by Gasteiger charge is -2.24. The van der Waals surface area contributed by atoms with Gasteiger partial charge >= 0.3 is 0 Å². The van der Waals surface area contributed by atoms with Crippen molar-refractivity contribution in [1.29, 1.82) is 0 Å². The molecule has 1 heterocycles. The fourth-order valence-corrected chi connectivity index (χ4v) is 2.96. The Labute approximate surface area is 111 Å². The quantitative estimate of drug-likeness (QED) is 0.857. The second-order valence-electron chi connectivity index (χ2n) is 5.78. The van der Waals surface area contributed by atoms with Crippen molar-refractivity contribution in [1.82, 2.24) is 5.32 Å². The summed E-state index contributed by atoms with van der Waals surface area (Å²) in [6.07, 6.45) is 2.54. The van der Waals surface area contributed by atoms with Crippen molar-refractivity contribution in [2.45, 2.75) is 38.5 Å². The number of nitrogens with two attached hydrogens (primary N) is 1. The van der Waals surface area contributed by atoms with Crippen LogP contribution in [0.15, 0.2) is 24.3 Å². The minimum atomic E-state index is 0.493. The molecule has 1 fully saturated rings. The van der Waals surface area contributed by atoms with Gasteiger partial charge in [0.25, 0.3) is 0 Å². The highest BCUT2D eigenvalue weighted by Gasteiger charge is 2.17. The van der Waals surface area contributed by atoms with E-state index in [0.717, 1.165) is 25.6 Å². The van der Waals surface area contributed by atoms with E-state index in [1.165, 1.54) is 24.0 Å². The van der Waals surface area contributed by atoms with Gasteiger partial charge in [0, 0.05) is 0 Å². The summed E-state index contributed by atoms with van der Waals surface area (Å²) in [5, 5.41) is 3.42. The van der Waals surface area contributed by atoms with Crippen LogP contribution in [0.5, 0.6) is 0 Å². The molecule has 1 atom stereocenters. The fourth-order valence-electron chi connectivity index (χ4n) is 2.96. The molecule has 1 aromatic carbocycles. The molecule has 0 spiro atoms. The summed E-state index contributed by atoms with van der Waals surface area (Å²) >= 11 is 0. The first-order valence-corrected chi connectivity index (χ1v) is 7.23. The number of hydrogen-bond donors (Lipinski definition) is 2. The Morgan fingerprint density at radius 1 is 1.17 bits per heavy atom. The molecular formula is C16H26N2. The summed E-state index contributed by atoms with van der Waals surface area (Å²) in [6.45, 7) is 7.55. The molecule has 2 rings (SSSR count). The van der Waals surface area contributed by atoms with E-state index in [1.54, 1.807) is 0 Å². The second kappa shape index (κ2) is 6.35. The Hall–Kier alpha value is -0.860. The Morgan fingerprint density at radius 3 is 2.28 bits per heavy atom. The maximum atomic E-state index is 5.88. The molecular weight excluding hydrogens is 220 g/mol. The summed E-state index contributed by atoms with van der Waals surface area (Å²) in [6, 6.07) is 9.20. The van der Waals surface area contributed by atoms with Gasteiger partial charge in [-0.15, -0.1) is 0 Å². The number of piperidine rings is 1. The highest BCUT2D eigenvalue weighted by atomic mass is 14.9. The minimum Gasteiger partial charge on any atom is -0.330 e. The second-order valence-corrected chi connectivity index (χ2v) is 5.78. The lowest BCUT2D eigenvalue weighted by molar-refractivity contribution is 0.460. The maximum Gasteiger partial charge on any atom is -0.000577 e. The van der Waals surface area contributed by atoms with E-state index in [4.69, 9.17) is 5.73 Å². The van der Waals surface area contributed by atoms with Crippen molar-refractivity contribution in [3.05, 3.63) is 35.4 Å². The third-order valence-electron chi connectivity index (χ3n) is 4.23. The molecule has 0 aliphatic carbocycles. The molecule has 0 radical (unpaired) electrons. The van der Waals surface area contributed by atoms with E-state index in [0.29, 0.717) is 11.8 Å². The van der Waals surface area contributed by atoms with E-state index in [9.17, 15) is 0 Å². The molecule has 1 aromatic rings. The third kappa shape index (κ3) is 3.12. The first kappa shape index (κ1) is 13.6. The predicted octanol–water partition coefficient (Wildman–Crippen LogP) is 2.85. The van der Waals surface area contributed by atoms with Crippen LogP contribution < -0.4 is 11.1 Å². The summed E-state index contributed by atoms with van der Waals surface area (Å²) in [5.41, 5.74) is 8.77. The molecule has 1 aliphatic heterocycles. The van der Waals surface area contributed by atoms with Crippen LogP contribution in [0.3, 0.4) is 0 Å². The Balaban J connectivity index is 2.08. The molecule has 3 N–H and O–H groups in total. The van der Waals surface area contributed by atoms with Crippen LogP contribution in [-0.4, -0.2) is 19.6 Å². The topological polar surface area (TPSA) is 38.0 Å². The molecule has 2 nitrogen and oxygen atoms in total. The molecule has 0 aromatic heterocycles. The molecule has 1 aliphatic rings. The van der Waals surface area contributed by atoms with E-state index in [-0.39, 0.29) is 0 Å². The molecule has 0 saturated carbocycles. The number of benzene rings is 1. The molecule has 1 unspecified atom stereocenters. The largest absolute Gasteiger partial charge is 0.330 e. The normalized spacial score (nSPS) is 19.1. The standard InChI is InChI=1S/C16H26N2/c1-12(2)16(11-17)15-5-3-13(4-6-15)14-7-9-18-10-8-14/h3-6,12,14,16,18H,7-11,17H2,1-2H3. The van der Waals surface area contributed by atoms with Crippen molar-refractivity contribution in [2.24, 2.45) is 11.7 Å². The lowest BCUT2D eigenvalue weighted by atomic mass is 9.85. The maximum absolute atomic E-state index is 5.88. The number of rotatable bonds is 4. The fraction of sp³-hybridized carbons (Fsp3) is 0.625. The average molecular weight is 246 g/mol. The monoisotopic (exact) mass is 246 g/mol. The van der Waals surface area contributed by atoms with Gasteiger partial charge in [0.15, 0.2) is 0 Å². The molecule has 18 heavy (non-hydrogen) atoms. The van der Waals surface area contributed by atoms with Crippen molar-refractivity contribution < 1.29 is 0 Å². The first-order valence-electron chi connectivity index (χ1n) is 7.23. The summed E-state index contributed by atoms with van der Waals surface area (Å²) < 4.78 is 0. The zero-order valence-corrected chi connectivity index (χ0v) is 11.7. The first-order chi connectivity index (χ1) is 8.72. The summed E-state index contributed by atoms with van der Waals surface area (Å²) in [5.74, 6) is 1.85. The minimum absolute atomic E-state index is 0.493. The van der Waals surface area contributed by atoms with Gasteiger partial charge < -0.3 is 11.1 Å². The lowest BCUT2D eigenvalue weighted by Crippen LogP contribution is -2.26. The van der Waals surface area contributed by atoms with Crippen LogP contribution in [0.4, 0.5) is 0 Å². The molecule has 100 valence electrons. The van der Waals surface area contributed by atoms with E-state index < -0.39 is 0 Å². The highest BCUT2D eigenvalue weighted by Crippen LogP contribution is 2.28. The van der Waals surface area contributed by atoms with Crippen molar-refractivity contribution in [3.8, 4) is 0 Å². The van der Waals surface area contributed by atoms with Crippen LogP contribution in [0, 0.1) is 5.92 Å². The zero-order valence-electron chi connectivity index (χ0n) is 11.7. The van der Waals surface area contributed by atoms with Gasteiger partial charge in [-0.05, 0) is 61.4 Å². The summed E-state index contributed by atoms with van der Waals surface area (Å²) in [4.78, 5) is 0. The van der Waals surface area contributed by atoms with Gasteiger partial charge in [0.1, 0.15) is 0 Å². The molecule has 0 bridgehead atoms. The van der Waals surface area contributed by atoms with E-state index in [1.807, 2.05) is 0 Å². The van der Waals surface area contributed by atoms with E-state index in [2.05, 4.69) is 43.4 Å². The Morgan fingerprint density at radius 2 is 1.78 bits per heavy atom. The average Bonchev–Trinajstić information content (AvgIpc) is 2.41. The van der Waals surface area contributed by atoms with Crippen molar-refractivity contribution in [3.63, 3.8) is 0 Å². The van der Waals surface area contributed by atoms with E-state index >= 15 is 0 Å². The number of hydrogen-bond acceptors (Lipinski definition) is 2. The van der Waals surface area contributed by atoms with Crippen LogP contribution in [0.2, 0.25) is 0 Å². The van der Waals surface area contributed by atoms with Gasteiger partial charge in [0.05, 0.1) is 0 Å². The van der Waals surface area contributed by atoms with Crippen LogP contribution in [0.1, 0.15) is 49.7 Å². The van der Waals surface area contributed by atoms with Gasteiger partial charge in [-0.25, -0.2) is 0 Å². The third-order valence-corrected chi connectivity index (χ3v) is 4.23. The van der Waals surface area contributed by atoms with Gasteiger partial charge in [-0.1, -0.05) is 38.1 Å². The molecule has 0 amide bonds. The van der Waals surface area contributed by atoms with Gasteiger partial charge in [-0.3, -0.25) is 0 Å². The van der Waals surface area contributed by atoms with Gasteiger partial charge in [0.2, 0.25) is 0 Å². The zero-order chi connectivity index (χ0) is 13.0. The Bertz CT molecular complexity index is 350. The number of nitrogens with one attached hydrogen (secondary N) is 1. The van der Waals surface area contributed by atoms with Crippen molar-refractivity contribution in [2.75, 3.05) is 19.6 Å². The van der Waals surface area contributed by atoms with Crippen LogP contribution >= 0.6 is 0 Å². The summed E-state index contributed by atoms with van der Waals surface area (Å²) in [7, 11) is 0. The van der Waals surface area contributed by atoms with Crippen LogP contribution in [0.25, 0.3) is 0 Å². The van der Waals surface area contributed by atoms with Gasteiger partial charge in [-0.2, -0.15) is 0 Å². The van der Waals surface area contributed by atoms with Crippen LogP contribution in [-0.2, 0) is 0 Å². The molecule has 1 saturated heterocycles. The SMILES string of the molecule is CC(C)C(CN)c1ccc(C2CCNCC2)cc1.